The highest BCUT2D eigenvalue weighted by atomic mass is 79.9. The molecule has 0 bridgehead atoms. The molecule has 1 N–H and O–H groups in total. The van der Waals surface area contributed by atoms with E-state index in [9.17, 15) is 0 Å². The third-order valence-electron chi connectivity index (χ3n) is 1.77. The largest absolute Gasteiger partial charge is 0.306 e. The minimum absolute atomic E-state index is 0.307. The predicted octanol–water partition coefficient (Wildman–Crippen LogP) is 3.74. The second-order valence-electron chi connectivity index (χ2n) is 3.00. The second kappa shape index (κ2) is 4.94. The van der Waals surface area contributed by atoms with Gasteiger partial charge in [-0.3, -0.25) is 0 Å². The van der Waals surface area contributed by atoms with Gasteiger partial charge < -0.3 is 5.32 Å². The van der Waals surface area contributed by atoms with Crippen LogP contribution in [0, 0.1) is 0 Å². The number of rotatable bonds is 4. The summed E-state index contributed by atoms with van der Waals surface area (Å²) in [6.45, 7) is 9.12. The summed E-state index contributed by atoms with van der Waals surface area (Å²) in [7, 11) is 0. The fourth-order valence-electron chi connectivity index (χ4n) is 1.20. The summed E-state index contributed by atoms with van der Waals surface area (Å²) in [6, 6.07) is 2.45. The molecule has 0 amide bonds. The zero-order valence-electron chi connectivity index (χ0n) is 7.93. The van der Waals surface area contributed by atoms with Crippen molar-refractivity contribution in [3.05, 3.63) is 32.9 Å². The SMILES string of the molecule is C=C(C)C(NCC)c1cc(Br)cs1. The van der Waals surface area contributed by atoms with Gasteiger partial charge in [-0.15, -0.1) is 11.3 Å². The lowest BCUT2D eigenvalue weighted by atomic mass is 10.1. The van der Waals surface area contributed by atoms with E-state index in [4.69, 9.17) is 0 Å². The van der Waals surface area contributed by atoms with Gasteiger partial charge in [0.05, 0.1) is 6.04 Å². The molecule has 1 aromatic heterocycles. The summed E-state index contributed by atoms with van der Waals surface area (Å²) in [4.78, 5) is 1.32. The van der Waals surface area contributed by atoms with Crippen molar-refractivity contribution in [2.24, 2.45) is 0 Å². The van der Waals surface area contributed by atoms with E-state index in [2.05, 4.69) is 53.1 Å². The van der Waals surface area contributed by atoms with Gasteiger partial charge in [0.1, 0.15) is 0 Å². The van der Waals surface area contributed by atoms with Gasteiger partial charge in [0.15, 0.2) is 0 Å². The first-order valence-electron chi connectivity index (χ1n) is 4.28. The Morgan fingerprint density at radius 2 is 2.46 bits per heavy atom. The van der Waals surface area contributed by atoms with Crippen LogP contribution in [0.4, 0.5) is 0 Å². The smallest absolute Gasteiger partial charge is 0.0625 e. The number of likely N-dealkylation sites (N-methyl/N-ethyl adjacent to an activating group) is 1. The molecule has 1 aromatic rings. The van der Waals surface area contributed by atoms with Crippen molar-refractivity contribution in [3.63, 3.8) is 0 Å². The Labute approximate surface area is 92.0 Å². The molecule has 1 nitrogen and oxygen atoms in total. The highest BCUT2D eigenvalue weighted by molar-refractivity contribution is 9.10. The van der Waals surface area contributed by atoms with Crippen molar-refractivity contribution < 1.29 is 0 Å². The Balaban J connectivity index is 2.81. The van der Waals surface area contributed by atoms with Crippen LogP contribution in [0.15, 0.2) is 28.1 Å². The molecule has 3 heteroatoms. The summed E-state index contributed by atoms with van der Waals surface area (Å²) in [5, 5.41) is 5.50. The van der Waals surface area contributed by atoms with Gasteiger partial charge in [0.25, 0.3) is 0 Å². The van der Waals surface area contributed by atoms with E-state index >= 15 is 0 Å². The van der Waals surface area contributed by atoms with Crippen molar-refractivity contribution >= 4 is 27.3 Å². The Morgan fingerprint density at radius 1 is 1.77 bits per heavy atom. The van der Waals surface area contributed by atoms with E-state index in [1.54, 1.807) is 11.3 Å². The molecule has 0 saturated heterocycles. The van der Waals surface area contributed by atoms with Crippen LogP contribution in [0.2, 0.25) is 0 Å². The van der Waals surface area contributed by atoms with Crippen LogP contribution in [0.5, 0.6) is 0 Å². The molecule has 0 aliphatic heterocycles. The number of hydrogen-bond donors (Lipinski definition) is 1. The maximum Gasteiger partial charge on any atom is 0.0625 e. The van der Waals surface area contributed by atoms with Crippen molar-refractivity contribution in [2.45, 2.75) is 19.9 Å². The average molecular weight is 260 g/mol. The lowest BCUT2D eigenvalue weighted by molar-refractivity contribution is 0.630. The predicted molar refractivity (Wildman–Crippen MR) is 63.3 cm³/mol. The van der Waals surface area contributed by atoms with Crippen LogP contribution in [-0.4, -0.2) is 6.54 Å². The van der Waals surface area contributed by atoms with E-state index in [-0.39, 0.29) is 0 Å². The molecule has 0 aliphatic rings. The van der Waals surface area contributed by atoms with Gasteiger partial charge in [0.2, 0.25) is 0 Å². The number of hydrogen-bond acceptors (Lipinski definition) is 2. The Morgan fingerprint density at radius 3 is 2.85 bits per heavy atom. The molecule has 72 valence electrons. The molecule has 0 aromatic carbocycles. The number of thiophene rings is 1. The molecule has 0 radical (unpaired) electrons. The summed E-state index contributed by atoms with van der Waals surface area (Å²) < 4.78 is 1.15. The van der Waals surface area contributed by atoms with Crippen LogP contribution in [-0.2, 0) is 0 Å². The molecule has 0 spiro atoms. The third kappa shape index (κ3) is 2.93. The molecule has 0 aliphatic carbocycles. The molecular formula is C10H14BrNS. The van der Waals surface area contributed by atoms with E-state index in [0.717, 1.165) is 16.6 Å². The Hall–Kier alpha value is -0.120. The Bertz CT molecular complexity index is 293. The van der Waals surface area contributed by atoms with Gasteiger partial charge in [0, 0.05) is 14.7 Å². The summed E-state index contributed by atoms with van der Waals surface area (Å²) in [5.41, 5.74) is 1.16. The molecular weight excluding hydrogens is 246 g/mol. The molecule has 1 heterocycles. The van der Waals surface area contributed by atoms with E-state index in [1.807, 2.05) is 0 Å². The fourth-order valence-corrected chi connectivity index (χ4v) is 2.81. The molecule has 1 rings (SSSR count). The summed E-state index contributed by atoms with van der Waals surface area (Å²) in [5.74, 6) is 0. The van der Waals surface area contributed by atoms with Crippen LogP contribution in [0.3, 0.4) is 0 Å². The summed E-state index contributed by atoms with van der Waals surface area (Å²) >= 11 is 5.21. The fraction of sp³-hybridized carbons (Fsp3) is 0.400. The number of halogens is 1. The second-order valence-corrected chi connectivity index (χ2v) is 4.86. The monoisotopic (exact) mass is 259 g/mol. The van der Waals surface area contributed by atoms with E-state index < -0.39 is 0 Å². The molecule has 0 saturated carbocycles. The lowest BCUT2D eigenvalue weighted by Crippen LogP contribution is -2.20. The first kappa shape index (κ1) is 11.0. The van der Waals surface area contributed by atoms with Crippen molar-refractivity contribution in [1.82, 2.24) is 5.32 Å². The normalized spacial score (nSPS) is 12.8. The van der Waals surface area contributed by atoms with E-state index in [0.29, 0.717) is 6.04 Å². The quantitative estimate of drug-likeness (QED) is 0.813. The average Bonchev–Trinajstić information content (AvgIpc) is 2.46. The maximum absolute atomic E-state index is 3.99. The topological polar surface area (TPSA) is 12.0 Å². The highest BCUT2D eigenvalue weighted by Gasteiger charge is 2.12. The molecule has 13 heavy (non-hydrogen) atoms. The maximum atomic E-state index is 3.99. The zero-order chi connectivity index (χ0) is 9.84. The summed E-state index contributed by atoms with van der Waals surface area (Å²) in [6.07, 6.45) is 0. The highest BCUT2D eigenvalue weighted by Crippen LogP contribution is 2.28. The first-order valence-corrected chi connectivity index (χ1v) is 5.95. The Kier molecular flexibility index (Phi) is 4.16. The van der Waals surface area contributed by atoms with Crippen molar-refractivity contribution in [2.75, 3.05) is 6.54 Å². The van der Waals surface area contributed by atoms with Crippen molar-refractivity contribution in [1.29, 1.82) is 0 Å². The third-order valence-corrected chi connectivity index (χ3v) is 3.53. The van der Waals surface area contributed by atoms with Gasteiger partial charge in [-0.1, -0.05) is 19.1 Å². The minimum atomic E-state index is 0.307. The van der Waals surface area contributed by atoms with Crippen LogP contribution in [0.25, 0.3) is 0 Å². The standard InChI is InChI=1S/C10H14BrNS/c1-4-12-10(7(2)3)9-5-8(11)6-13-9/h5-6,10,12H,2,4H2,1,3H3. The zero-order valence-corrected chi connectivity index (χ0v) is 10.3. The van der Waals surface area contributed by atoms with Crippen molar-refractivity contribution in [3.8, 4) is 0 Å². The number of nitrogens with one attached hydrogen (secondary N) is 1. The van der Waals surface area contributed by atoms with Crippen LogP contribution in [0.1, 0.15) is 24.8 Å². The first-order chi connectivity index (χ1) is 6.15. The van der Waals surface area contributed by atoms with Gasteiger partial charge >= 0.3 is 0 Å². The van der Waals surface area contributed by atoms with Crippen LogP contribution < -0.4 is 5.32 Å². The minimum Gasteiger partial charge on any atom is -0.306 e. The lowest BCUT2D eigenvalue weighted by Gasteiger charge is -2.15. The van der Waals surface area contributed by atoms with E-state index in [1.165, 1.54) is 4.88 Å². The molecule has 0 fully saturated rings. The molecule has 1 unspecified atom stereocenters. The van der Waals surface area contributed by atoms with Gasteiger partial charge in [-0.25, -0.2) is 0 Å². The van der Waals surface area contributed by atoms with Gasteiger partial charge in [-0.2, -0.15) is 0 Å². The molecule has 1 atom stereocenters. The van der Waals surface area contributed by atoms with Crippen LogP contribution >= 0.6 is 27.3 Å². The van der Waals surface area contributed by atoms with Gasteiger partial charge in [-0.05, 0) is 35.5 Å².